The Hall–Kier alpha value is -2.33. The second kappa shape index (κ2) is 8.85. The molecular weight excluding hydrogens is 278 g/mol. The molecule has 0 amide bonds. The Morgan fingerprint density at radius 1 is 1.05 bits per heavy atom. The lowest BCUT2D eigenvalue weighted by Crippen LogP contribution is -2.34. The molecule has 0 radical (unpaired) electrons. The largest absolute Gasteiger partial charge is 0.508 e. The number of benzene rings is 2. The van der Waals surface area contributed by atoms with Crippen LogP contribution in [-0.2, 0) is 11.2 Å². The fraction of sp³-hybridized carbons (Fsp3) is 0.278. The number of aliphatic carboxylic acids is 1. The molecule has 0 saturated heterocycles. The summed E-state index contributed by atoms with van der Waals surface area (Å²) >= 11 is 0. The van der Waals surface area contributed by atoms with Crippen molar-refractivity contribution in [1.82, 2.24) is 0 Å². The Morgan fingerprint density at radius 3 is 2.05 bits per heavy atom. The summed E-state index contributed by atoms with van der Waals surface area (Å²) in [6, 6.07) is 16.9. The number of phenolic OH excluding ortho intramolecular Hbond substituents is 1. The number of hydrogen-bond donors (Lipinski definition) is 3. The average molecular weight is 301 g/mol. The van der Waals surface area contributed by atoms with E-state index in [0.29, 0.717) is 5.75 Å². The Morgan fingerprint density at radius 2 is 1.59 bits per heavy atom. The zero-order chi connectivity index (χ0) is 16.5. The predicted molar refractivity (Wildman–Crippen MR) is 87.8 cm³/mol. The molecule has 0 spiro atoms. The van der Waals surface area contributed by atoms with Crippen molar-refractivity contribution in [2.24, 2.45) is 11.7 Å². The van der Waals surface area contributed by atoms with Crippen LogP contribution in [0.1, 0.15) is 25.0 Å². The molecule has 0 bridgehead atoms. The maximum atomic E-state index is 10.0. The van der Waals surface area contributed by atoms with Crippen molar-refractivity contribution in [3.8, 4) is 5.75 Å². The number of carboxylic acid groups (broad SMARTS) is 1. The van der Waals surface area contributed by atoms with Crippen molar-refractivity contribution in [1.29, 1.82) is 0 Å². The molecule has 4 nitrogen and oxygen atoms in total. The third-order valence-electron chi connectivity index (χ3n) is 3.23. The molecule has 0 saturated carbocycles. The lowest BCUT2D eigenvalue weighted by molar-refractivity contribution is -0.139. The van der Waals surface area contributed by atoms with Gasteiger partial charge in [0, 0.05) is 6.42 Å². The van der Waals surface area contributed by atoms with E-state index in [4.69, 9.17) is 10.8 Å². The molecular formula is C18H23NO3. The smallest absolute Gasteiger partial charge is 0.320 e. The molecule has 2 aromatic carbocycles. The first-order chi connectivity index (χ1) is 10.4. The van der Waals surface area contributed by atoms with Crippen LogP contribution in [0.3, 0.4) is 0 Å². The predicted octanol–water partition coefficient (Wildman–Crippen LogP) is 3.04. The number of nitrogens with two attached hydrogens (primary N) is 1. The molecule has 1 atom stereocenters. The fourth-order valence-electron chi connectivity index (χ4n) is 1.76. The molecule has 2 aromatic rings. The van der Waals surface area contributed by atoms with E-state index in [1.54, 1.807) is 19.9 Å². The average Bonchev–Trinajstić information content (AvgIpc) is 2.50. The van der Waals surface area contributed by atoms with Gasteiger partial charge in [0.15, 0.2) is 0 Å². The van der Waals surface area contributed by atoms with Crippen LogP contribution in [0.25, 0.3) is 0 Å². The summed E-state index contributed by atoms with van der Waals surface area (Å²) in [5.41, 5.74) is 7.35. The van der Waals surface area contributed by atoms with Crippen molar-refractivity contribution < 1.29 is 15.0 Å². The Balaban J connectivity index is 0.000000261. The number of carboxylic acids is 1. The summed E-state index contributed by atoms with van der Waals surface area (Å²) in [4.78, 5) is 10.0. The van der Waals surface area contributed by atoms with Crippen LogP contribution in [0.5, 0.6) is 5.75 Å². The molecule has 0 heterocycles. The van der Waals surface area contributed by atoms with Gasteiger partial charge in [0.1, 0.15) is 11.8 Å². The van der Waals surface area contributed by atoms with Crippen LogP contribution in [0.15, 0.2) is 54.6 Å². The van der Waals surface area contributed by atoms with Gasteiger partial charge in [-0.05, 0) is 23.1 Å². The molecule has 4 heteroatoms. The van der Waals surface area contributed by atoms with Crippen LogP contribution in [-0.4, -0.2) is 22.2 Å². The van der Waals surface area contributed by atoms with Crippen LogP contribution < -0.4 is 5.73 Å². The molecule has 0 fully saturated rings. The lowest BCUT2D eigenvalue weighted by Gasteiger charge is -2.07. The van der Waals surface area contributed by atoms with Gasteiger partial charge in [-0.25, -0.2) is 0 Å². The summed E-state index contributed by atoms with van der Waals surface area (Å²) in [5, 5.41) is 17.8. The van der Waals surface area contributed by atoms with Crippen LogP contribution >= 0.6 is 0 Å². The first-order valence-electron chi connectivity index (χ1n) is 7.21. The summed E-state index contributed by atoms with van der Waals surface area (Å²) in [5.74, 6) is -0.538. The Bertz CT molecular complexity index is 582. The van der Waals surface area contributed by atoms with E-state index in [0.717, 1.165) is 12.0 Å². The highest BCUT2D eigenvalue weighted by molar-refractivity contribution is 5.73. The zero-order valence-corrected chi connectivity index (χ0v) is 12.9. The van der Waals surface area contributed by atoms with Gasteiger partial charge in [-0.1, -0.05) is 62.4 Å². The van der Waals surface area contributed by atoms with Crippen molar-refractivity contribution in [3.63, 3.8) is 0 Å². The second-order valence-corrected chi connectivity index (χ2v) is 5.40. The maximum absolute atomic E-state index is 10.0. The second-order valence-electron chi connectivity index (χ2n) is 5.40. The van der Waals surface area contributed by atoms with E-state index in [-0.39, 0.29) is 5.92 Å². The number of carbonyl (C=O) groups is 1. The number of rotatable bonds is 4. The van der Waals surface area contributed by atoms with Gasteiger partial charge in [-0.2, -0.15) is 0 Å². The maximum Gasteiger partial charge on any atom is 0.320 e. The standard InChI is InChI=1S/C13H12O.C5H11NO2/c14-13-9-5-4-8-12(13)10-11-6-2-1-3-7-11;1-3(2)4(6)5(7)8/h1-9,14H,10H2;3-4H,6H2,1-2H3,(H,7,8)/t;4-/m.0/s1. The minimum atomic E-state index is -0.931. The Kier molecular flexibility index (Phi) is 7.13. The summed E-state index contributed by atoms with van der Waals surface area (Å²) in [6.07, 6.45) is 0.785. The van der Waals surface area contributed by atoms with E-state index in [1.807, 2.05) is 36.4 Å². The number of phenols is 1. The molecule has 0 aliphatic rings. The summed E-state index contributed by atoms with van der Waals surface area (Å²) < 4.78 is 0. The fourth-order valence-corrected chi connectivity index (χ4v) is 1.76. The SMILES string of the molecule is CC(C)[C@H](N)C(=O)O.Oc1ccccc1Cc1ccccc1. The Labute approximate surface area is 131 Å². The summed E-state index contributed by atoms with van der Waals surface area (Å²) in [6.45, 7) is 3.55. The van der Waals surface area contributed by atoms with Crippen molar-refractivity contribution >= 4 is 5.97 Å². The van der Waals surface area contributed by atoms with Crippen molar-refractivity contribution in [2.75, 3.05) is 0 Å². The van der Waals surface area contributed by atoms with E-state index in [1.165, 1.54) is 5.56 Å². The van der Waals surface area contributed by atoms with Gasteiger partial charge in [0.05, 0.1) is 0 Å². The highest BCUT2D eigenvalue weighted by Gasteiger charge is 2.14. The quantitative estimate of drug-likeness (QED) is 0.810. The molecule has 118 valence electrons. The zero-order valence-electron chi connectivity index (χ0n) is 12.9. The van der Waals surface area contributed by atoms with Crippen LogP contribution in [0.2, 0.25) is 0 Å². The topological polar surface area (TPSA) is 83.6 Å². The van der Waals surface area contributed by atoms with E-state index < -0.39 is 12.0 Å². The number of aromatic hydroxyl groups is 1. The molecule has 22 heavy (non-hydrogen) atoms. The molecule has 2 rings (SSSR count). The minimum Gasteiger partial charge on any atom is -0.508 e. The summed E-state index contributed by atoms with van der Waals surface area (Å²) in [7, 11) is 0. The molecule has 4 N–H and O–H groups in total. The van der Waals surface area contributed by atoms with Gasteiger partial charge >= 0.3 is 5.97 Å². The molecule has 0 aromatic heterocycles. The van der Waals surface area contributed by atoms with Gasteiger partial charge < -0.3 is 15.9 Å². The van der Waals surface area contributed by atoms with Crippen LogP contribution in [0, 0.1) is 5.92 Å². The third-order valence-corrected chi connectivity index (χ3v) is 3.23. The number of hydrogen-bond acceptors (Lipinski definition) is 3. The first-order valence-corrected chi connectivity index (χ1v) is 7.21. The van der Waals surface area contributed by atoms with E-state index in [2.05, 4.69) is 12.1 Å². The molecule has 0 aliphatic heterocycles. The molecule has 0 aliphatic carbocycles. The minimum absolute atomic E-state index is 0.0208. The van der Waals surface area contributed by atoms with Crippen molar-refractivity contribution in [3.05, 3.63) is 65.7 Å². The van der Waals surface area contributed by atoms with Gasteiger partial charge in [0.25, 0.3) is 0 Å². The lowest BCUT2D eigenvalue weighted by atomic mass is 10.0. The van der Waals surface area contributed by atoms with Crippen LogP contribution in [0.4, 0.5) is 0 Å². The van der Waals surface area contributed by atoms with Gasteiger partial charge in [-0.15, -0.1) is 0 Å². The first kappa shape index (κ1) is 17.7. The van der Waals surface area contributed by atoms with E-state index in [9.17, 15) is 9.90 Å². The van der Waals surface area contributed by atoms with Gasteiger partial charge in [-0.3, -0.25) is 4.79 Å². The van der Waals surface area contributed by atoms with E-state index >= 15 is 0 Å². The third kappa shape index (κ3) is 5.97. The van der Waals surface area contributed by atoms with Crippen molar-refractivity contribution in [2.45, 2.75) is 26.3 Å². The number of para-hydroxylation sites is 1. The monoisotopic (exact) mass is 301 g/mol. The van der Waals surface area contributed by atoms with Gasteiger partial charge in [0.2, 0.25) is 0 Å². The normalized spacial score (nSPS) is 11.5. The highest BCUT2D eigenvalue weighted by atomic mass is 16.4. The molecule has 0 unspecified atom stereocenters. The highest BCUT2D eigenvalue weighted by Crippen LogP contribution is 2.19.